The summed E-state index contributed by atoms with van der Waals surface area (Å²) in [4.78, 5) is 30.5. The summed E-state index contributed by atoms with van der Waals surface area (Å²) < 4.78 is 43.2. The van der Waals surface area contributed by atoms with Crippen LogP contribution in [0.15, 0.2) is 23.3 Å². The maximum atomic E-state index is 14.7. The number of rotatable bonds is 8. The Labute approximate surface area is 311 Å². The second kappa shape index (κ2) is 17.0. The fourth-order valence-electron chi connectivity index (χ4n) is 10.5. The Balaban J connectivity index is 1.23. The van der Waals surface area contributed by atoms with Gasteiger partial charge in [0.25, 0.3) is 0 Å². The van der Waals surface area contributed by atoms with Gasteiger partial charge in [-0.25, -0.2) is 0 Å². The highest BCUT2D eigenvalue weighted by molar-refractivity contribution is 5.99. The first-order valence-corrected chi connectivity index (χ1v) is 20.0. The number of carbonyl (C=O) groups is 2. The second-order valence-electron chi connectivity index (χ2n) is 16.8. The summed E-state index contributed by atoms with van der Waals surface area (Å²) in [5, 5.41) is 11.0. The van der Waals surface area contributed by atoms with Crippen molar-refractivity contribution >= 4 is 11.8 Å². The van der Waals surface area contributed by atoms with Crippen molar-refractivity contribution in [3.63, 3.8) is 0 Å². The van der Waals surface area contributed by atoms with Gasteiger partial charge in [-0.3, -0.25) is 9.59 Å². The first kappa shape index (κ1) is 40.0. The molecule has 1 saturated carbocycles. The van der Waals surface area contributed by atoms with E-state index in [1.165, 1.54) is 5.57 Å². The lowest BCUT2D eigenvalue weighted by atomic mass is 9.67. The van der Waals surface area contributed by atoms with Gasteiger partial charge in [0.1, 0.15) is 24.4 Å². The predicted molar refractivity (Wildman–Crippen MR) is 194 cm³/mol. The zero-order valence-electron chi connectivity index (χ0n) is 32.9. The van der Waals surface area contributed by atoms with E-state index >= 15 is 0 Å². The van der Waals surface area contributed by atoms with Gasteiger partial charge in [0.15, 0.2) is 18.4 Å². The Kier molecular flexibility index (Phi) is 13.1. The molecule has 17 atom stereocenters. The molecule has 3 heterocycles. The number of fused-ring (bicyclic) bond motifs is 5. The molecule has 4 fully saturated rings. The molecule has 0 bridgehead atoms. The number of cyclic esters (lactones) is 1. The number of ether oxygens (including phenoxy) is 7. The lowest BCUT2D eigenvalue weighted by Crippen LogP contribution is -2.59. The summed E-state index contributed by atoms with van der Waals surface area (Å²) in [5.74, 6) is -0.152. The molecule has 11 nitrogen and oxygen atoms in total. The van der Waals surface area contributed by atoms with E-state index in [0.717, 1.165) is 50.5 Å². The van der Waals surface area contributed by atoms with Crippen molar-refractivity contribution in [2.45, 2.75) is 160 Å². The highest BCUT2D eigenvalue weighted by Crippen LogP contribution is 2.56. The molecule has 294 valence electrons. The van der Waals surface area contributed by atoms with E-state index < -0.39 is 24.6 Å². The third-order valence-electron chi connectivity index (χ3n) is 13.4. The quantitative estimate of drug-likeness (QED) is 0.261. The maximum absolute atomic E-state index is 14.7. The largest absolute Gasteiger partial charge is 0.462 e. The van der Waals surface area contributed by atoms with Crippen molar-refractivity contribution in [3.8, 4) is 0 Å². The van der Waals surface area contributed by atoms with Crippen LogP contribution in [-0.4, -0.2) is 118 Å². The van der Waals surface area contributed by atoms with E-state index in [4.69, 9.17) is 33.2 Å². The minimum Gasteiger partial charge on any atom is -0.462 e. The average Bonchev–Trinajstić information content (AvgIpc) is 3.68. The topological polar surface area (TPSA) is 122 Å². The van der Waals surface area contributed by atoms with Gasteiger partial charge in [-0.2, -0.15) is 0 Å². The van der Waals surface area contributed by atoms with E-state index in [1.54, 1.807) is 14.2 Å². The van der Waals surface area contributed by atoms with Crippen molar-refractivity contribution in [3.05, 3.63) is 23.3 Å². The van der Waals surface area contributed by atoms with Crippen molar-refractivity contribution in [1.29, 1.82) is 0 Å². The summed E-state index contributed by atoms with van der Waals surface area (Å²) in [6.45, 7) is 10.2. The van der Waals surface area contributed by atoms with Crippen LogP contribution in [-0.2, 0) is 42.7 Å². The molecule has 0 aromatic rings. The van der Waals surface area contributed by atoms with Gasteiger partial charge in [0.05, 0.1) is 30.8 Å². The number of methoxy groups -OCH3 is 2. The standard InChI is InChI=1S/C41H65NO10/c1-10-25-12-11-13-34(52-36-15-14-33(42(6)7)23(4)48-36)22(3)37(44)32-19-30-28(31(32)20-35(43)50-25)16-21(2)27-17-26(18-29(27)30)51-41-40(47-9)38(45)39(46-8)24(5)49-41/h16,19,22-31,33-34,36,38-41,45H,10-15,17-18,20H2,1-9H3/t22-,23-,24+,25+,26+,27-,28+,29+,30-,31+,33+,34+,36+,38-,39+,40-,41+/m1/s1. The monoisotopic (exact) mass is 731 g/mol. The van der Waals surface area contributed by atoms with Gasteiger partial charge in [-0.05, 0) is 115 Å². The van der Waals surface area contributed by atoms with E-state index in [1.807, 2.05) is 13.8 Å². The number of aliphatic hydroxyl groups is 1. The molecule has 3 aliphatic carbocycles. The zero-order chi connectivity index (χ0) is 37.4. The van der Waals surface area contributed by atoms with Crippen LogP contribution >= 0.6 is 0 Å². The zero-order valence-corrected chi connectivity index (χ0v) is 32.9. The fraction of sp³-hybridized carbons (Fsp3) is 0.854. The molecular weight excluding hydrogens is 666 g/mol. The Morgan fingerprint density at radius 3 is 2.31 bits per heavy atom. The smallest absolute Gasteiger partial charge is 0.306 e. The van der Waals surface area contributed by atoms with E-state index in [-0.39, 0.29) is 90.5 Å². The number of allylic oxidation sites excluding steroid dienone is 4. The molecule has 0 radical (unpaired) electrons. The summed E-state index contributed by atoms with van der Waals surface area (Å²) >= 11 is 0. The van der Waals surface area contributed by atoms with Gasteiger partial charge < -0.3 is 43.2 Å². The number of esters is 1. The van der Waals surface area contributed by atoms with Crippen LogP contribution in [0.5, 0.6) is 0 Å². The number of aliphatic hydroxyl groups excluding tert-OH is 1. The van der Waals surface area contributed by atoms with Crippen molar-refractivity contribution < 1.29 is 47.9 Å². The number of Topliss-reactive ketones (excluding diaryl/α,β-unsaturated/α-hetero) is 1. The molecular formula is C41H65NO10. The number of ketones is 1. The van der Waals surface area contributed by atoms with Crippen LogP contribution in [0, 0.1) is 35.5 Å². The highest BCUT2D eigenvalue weighted by atomic mass is 16.7. The molecule has 0 spiro atoms. The summed E-state index contributed by atoms with van der Waals surface area (Å²) in [6.07, 6.45) is 7.01. The number of hydrogen-bond acceptors (Lipinski definition) is 11. The van der Waals surface area contributed by atoms with Gasteiger partial charge in [0, 0.05) is 32.1 Å². The van der Waals surface area contributed by atoms with Crippen LogP contribution in [0.2, 0.25) is 0 Å². The van der Waals surface area contributed by atoms with Crippen LogP contribution in [0.25, 0.3) is 0 Å². The van der Waals surface area contributed by atoms with E-state index in [9.17, 15) is 14.7 Å². The maximum Gasteiger partial charge on any atom is 0.306 e. The first-order valence-electron chi connectivity index (χ1n) is 20.0. The number of nitrogens with zero attached hydrogens (tertiary/aromatic N) is 1. The van der Waals surface area contributed by atoms with Gasteiger partial charge in [0.2, 0.25) is 0 Å². The Hall–Kier alpha value is -1.70. The summed E-state index contributed by atoms with van der Waals surface area (Å²) in [6, 6.07) is 0.332. The summed E-state index contributed by atoms with van der Waals surface area (Å²) in [7, 11) is 7.29. The number of carbonyl (C=O) groups excluding carboxylic acids is 2. The van der Waals surface area contributed by atoms with Crippen LogP contribution in [0.1, 0.15) is 92.4 Å². The minimum atomic E-state index is -0.883. The molecule has 0 aromatic heterocycles. The normalized spacial score (nSPS) is 45.9. The number of likely N-dealkylation sites (N-methyl/N-ethyl adjacent to an activating group) is 1. The van der Waals surface area contributed by atoms with E-state index in [0.29, 0.717) is 12.5 Å². The van der Waals surface area contributed by atoms with Crippen molar-refractivity contribution in [2.75, 3.05) is 28.3 Å². The fourth-order valence-corrected chi connectivity index (χ4v) is 10.5. The summed E-state index contributed by atoms with van der Waals surface area (Å²) in [5.41, 5.74) is 2.03. The Bertz CT molecular complexity index is 1320. The number of hydrogen-bond donors (Lipinski definition) is 1. The van der Waals surface area contributed by atoms with Gasteiger partial charge >= 0.3 is 5.97 Å². The molecule has 11 heteroatoms. The van der Waals surface area contributed by atoms with Crippen LogP contribution in [0.3, 0.4) is 0 Å². The minimum absolute atomic E-state index is 0.0218. The average molecular weight is 732 g/mol. The lowest BCUT2D eigenvalue weighted by Gasteiger charge is -2.42. The SMILES string of the molecule is CC[C@H]1CCC[C@H](O[C@H]2CC[C@H](N(C)C)[C@@H](C)O2)[C@@H](C)C(=O)C2=C[C@@H]3[C@H](C=C(C)[C@H]4C[C@H](O[C@@H]5O[C@@H](C)[C@H](OC)[C@@H](O)[C@H]5OC)C[C@H]34)[C@@H]2CC(=O)O1. The Morgan fingerprint density at radius 1 is 0.885 bits per heavy atom. The van der Waals surface area contributed by atoms with Crippen molar-refractivity contribution in [1.82, 2.24) is 4.90 Å². The molecule has 0 amide bonds. The Morgan fingerprint density at radius 2 is 1.63 bits per heavy atom. The molecule has 6 aliphatic rings. The molecule has 6 rings (SSSR count). The lowest BCUT2D eigenvalue weighted by molar-refractivity contribution is -0.311. The highest BCUT2D eigenvalue weighted by Gasteiger charge is 2.53. The van der Waals surface area contributed by atoms with Crippen LogP contribution < -0.4 is 0 Å². The molecule has 1 N–H and O–H groups in total. The van der Waals surface area contributed by atoms with Gasteiger partial charge in [-0.15, -0.1) is 0 Å². The van der Waals surface area contributed by atoms with Crippen molar-refractivity contribution in [2.24, 2.45) is 35.5 Å². The van der Waals surface area contributed by atoms with Gasteiger partial charge in [-0.1, -0.05) is 31.6 Å². The first-order chi connectivity index (χ1) is 24.8. The van der Waals surface area contributed by atoms with E-state index in [2.05, 4.69) is 51.9 Å². The third-order valence-corrected chi connectivity index (χ3v) is 13.4. The predicted octanol–water partition coefficient (Wildman–Crippen LogP) is 5.22. The molecule has 0 unspecified atom stereocenters. The third kappa shape index (κ3) is 8.13. The molecule has 0 aromatic carbocycles. The molecule has 52 heavy (non-hydrogen) atoms. The van der Waals surface area contributed by atoms with Crippen LogP contribution in [0.4, 0.5) is 0 Å². The molecule has 3 saturated heterocycles. The molecule has 3 aliphatic heterocycles. The second-order valence-corrected chi connectivity index (χ2v) is 16.8.